The Labute approximate surface area is 294 Å². The smallest absolute Gasteiger partial charge is 0.333 e. The Kier molecular flexibility index (Phi) is 16.9. The third-order valence-corrected chi connectivity index (χ3v) is 8.54. The lowest BCUT2D eigenvalue weighted by atomic mass is 9.89. The second-order valence-electron chi connectivity index (χ2n) is 12.8. The Bertz CT molecular complexity index is 1480. The van der Waals surface area contributed by atoms with Crippen LogP contribution in [0.15, 0.2) is 78.9 Å². The van der Waals surface area contributed by atoms with E-state index >= 15 is 0 Å². The maximum Gasteiger partial charge on any atom is 0.333 e. The zero-order chi connectivity index (χ0) is 35.6. The highest BCUT2D eigenvalue weighted by Gasteiger charge is 2.17. The van der Waals surface area contributed by atoms with Crippen molar-refractivity contribution in [1.29, 1.82) is 0 Å². The Morgan fingerprint density at radius 2 is 1.20 bits per heavy atom. The first kappa shape index (κ1) is 39.3. The van der Waals surface area contributed by atoms with Crippen molar-refractivity contribution in [2.75, 3.05) is 26.4 Å². The topological polar surface area (TPSA) is 82.1 Å². The molecule has 0 amide bonds. The van der Waals surface area contributed by atoms with Crippen LogP contribution in [0, 0.1) is 0 Å². The van der Waals surface area contributed by atoms with Gasteiger partial charge in [0.1, 0.15) is 5.75 Å². The molecule has 0 unspecified atom stereocenters. The van der Waals surface area contributed by atoms with E-state index in [4.69, 9.17) is 14.2 Å². The number of ether oxygens (including phenoxy) is 3. The normalized spacial score (nSPS) is 10.9. The second kappa shape index (κ2) is 21.0. The molecule has 0 aromatic heterocycles. The molecule has 0 radical (unpaired) electrons. The Morgan fingerprint density at radius 3 is 1.73 bits per heavy atom. The lowest BCUT2D eigenvalue weighted by molar-refractivity contribution is -0.139. The van der Waals surface area contributed by atoms with Gasteiger partial charge in [-0.1, -0.05) is 82.3 Å². The van der Waals surface area contributed by atoms with Gasteiger partial charge in [0.15, 0.2) is 0 Å². The molecule has 0 heterocycles. The third kappa shape index (κ3) is 12.7. The number of benzene rings is 3. The van der Waals surface area contributed by atoms with E-state index < -0.39 is 11.9 Å². The molecule has 0 aliphatic rings. The van der Waals surface area contributed by atoms with Crippen molar-refractivity contribution in [2.45, 2.75) is 98.3 Å². The molecule has 0 spiro atoms. The van der Waals surface area contributed by atoms with Crippen molar-refractivity contribution >= 4 is 11.9 Å². The van der Waals surface area contributed by atoms with E-state index in [0.717, 1.165) is 41.7 Å². The van der Waals surface area contributed by atoms with E-state index in [-0.39, 0.29) is 19.8 Å². The molecule has 1 N–H and O–H groups in total. The molecular weight excluding hydrogens is 612 g/mol. The van der Waals surface area contributed by atoms with Crippen molar-refractivity contribution in [3.05, 3.63) is 101 Å². The molecule has 3 aromatic carbocycles. The molecule has 3 rings (SSSR count). The van der Waals surface area contributed by atoms with E-state index in [1.54, 1.807) is 13.8 Å². The number of rotatable bonds is 22. The molecule has 0 atom stereocenters. The average Bonchev–Trinajstić information content (AvgIpc) is 3.10. The molecule has 0 saturated carbocycles. The van der Waals surface area contributed by atoms with Gasteiger partial charge in [-0.3, -0.25) is 0 Å². The van der Waals surface area contributed by atoms with Crippen molar-refractivity contribution in [2.24, 2.45) is 0 Å². The molecule has 0 saturated heterocycles. The summed E-state index contributed by atoms with van der Waals surface area (Å²) in [5, 5.41) is 9.33. The van der Waals surface area contributed by atoms with Gasteiger partial charge in [0.2, 0.25) is 0 Å². The average molecular weight is 669 g/mol. The van der Waals surface area contributed by atoms with Gasteiger partial charge in [-0.2, -0.15) is 0 Å². The number of carbonyl (C=O) groups is 2. The molecular formula is C43H56O6. The molecule has 0 fully saturated rings. The van der Waals surface area contributed by atoms with Crippen molar-refractivity contribution in [3.63, 3.8) is 0 Å². The number of aliphatic hydroxyl groups excluding tert-OH is 1. The fourth-order valence-corrected chi connectivity index (χ4v) is 5.75. The lowest BCUT2D eigenvalue weighted by Gasteiger charge is -2.20. The summed E-state index contributed by atoms with van der Waals surface area (Å²) in [6, 6.07) is 20.1. The van der Waals surface area contributed by atoms with Crippen LogP contribution in [0.1, 0.15) is 94.9 Å². The summed E-state index contributed by atoms with van der Waals surface area (Å²) in [4.78, 5) is 24.0. The van der Waals surface area contributed by atoms with Crippen LogP contribution in [0.4, 0.5) is 0 Å². The van der Waals surface area contributed by atoms with Gasteiger partial charge in [-0.25, -0.2) is 9.59 Å². The summed E-state index contributed by atoms with van der Waals surface area (Å²) in [5.41, 5.74) is 10.1. The molecule has 3 aromatic rings. The zero-order valence-corrected chi connectivity index (χ0v) is 30.2. The Balaban J connectivity index is 1.98. The number of aryl methyl sites for hydroxylation is 4. The van der Waals surface area contributed by atoms with Gasteiger partial charge in [0.05, 0.1) is 19.8 Å². The minimum absolute atomic E-state index is 0.114. The first-order chi connectivity index (χ1) is 23.7. The molecule has 6 heteroatoms. The first-order valence-corrected chi connectivity index (χ1v) is 18.0. The summed E-state index contributed by atoms with van der Waals surface area (Å²) in [7, 11) is 0. The first-order valence-electron chi connectivity index (χ1n) is 18.0. The van der Waals surface area contributed by atoms with Gasteiger partial charge in [-0.05, 0) is 128 Å². The van der Waals surface area contributed by atoms with E-state index in [1.807, 2.05) is 0 Å². The lowest BCUT2D eigenvalue weighted by Crippen LogP contribution is -2.10. The highest BCUT2D eigenvalue weighted by molar-refractivity contribution is 5.87. The van der Waals surface area contributed by atoms with Crippen LogP contribution >= 0.6 is 0 Å². The number of hydrogen-bond donors (Lipinski definition) is 1. The Hall–Kier alpha value is -4.16. The van der Waals surface area contributed by atoms with Crippen LogP contribution < -0.4 is 4.74 Å². The molecule has 0 aliphatic carbocycles. The maximum atomic E-state index is 12.0. The summed E-state index contributed by atoms with van der Waals surface area (Å²) in [5.74, 6) is 0.0314. The number of hydrogen-bond acceptors (Lipinski definition) is 6. The largest absolute Gasteiger partial charge is 0.493 e. The van der Waals surface area contributed by atoms with Crippen LogP contribution in [0.25, 0.3) is 22.3 Å². The molecule has 0 bridgehead atoms. The zero-order valence-electron chi connectivity index (χ0n) is 30.2. The number of aliphatic hydroxyl groups is 1. The van der Waals surface area contributed by atoms with Gasteiger partial charge in [0.25, 0.3) is 0 Å². The van der Waals surface area contributed by atoms with Gasteiger partial charge in [-0.15, -0.1) is 0 Å². The standard InChI is InChI=1S/C43H56O6/c1-7-9-10-15-33-18-20-35(21-19-33)36-22-23-40(34(8-2)28-36)39-29-37(16-13-26-48-42(45)31(3)4)41(47-25-12-11-24-44)38(30-39)17-14-27-49-43(46)32(5)6/h18-23,28-30,44H,3,5,7-17,24-27H2,1-2,4,6H3. The highest BCUT2D eigenvalue weighted by atomic mass is 16.5. The fraction of sp³-hybridized carbons (Fsp3) is 0.442. The van der Waals surface area contributed by atoms with Crippen molar-refractivity contribution < 1.29 is 28.9 Å². The van der Waals surface area contributed by atoms with Gasteiger partial charge >= 0.3 is 11.9 Å². The molecule has 0 aliphatic heterocycles. The fourth-order valence-electron chi connectivity index (χ4n) is 5.75. The number of unbranched alkanes of at least 4 members (excludes halogenated alkanes) is 3. The van der Waals surface area contributed by atoms with Crippen molar-refractivity contribution in [1.82, 2.24) is 0 Å². The number of carbonyl (C=O) groups excluding carboxylic acids is 2. The Morgan fingerprint density at radius 1 is 0.633 bits per heavy atom. The second-order valence-corrected chi connectivity index (χ2v) is 12.8. The predicted octanol–water partition coefficient (Wildman–Crippen LogP) is 9.57. The summed E-state index contributed by atoms with van der Waals surface area (Å²) in [6.07, 6.45) is 9.62. The van der Waals surface area contributed by atoms with E-state index in [0.29, 0.717) is 49.9 Å². The van der Waals surface area contributed by atoms with Crippen LogP contribution in [0.2, 0.25) is 0 Å². The van der Waals surface area contributed by atoms with Crippen LogP contribution in [-0.4, -0.2) is 43.5 Å². The van der Waals surface area contributed by atoms with Crippen LogP contribution in [0.5, 0.6) is 5.75 Å². The summed E-state index contributed by atoms with van der Waals surface area (Å²) in [6.45, 7) is 16.2. The number of esters is 2. The SMILES string of the molecule is C=C(C)C(=O)OCCCc1cc(-c2ccc(-c3ccc(CCCCC)cc3)cc2CC)cc(CCCOC(=O)C(=C)C)c1OCCCCO. The van der Waals surface area contributed by atoms with E-state index in [2.05, 4.69) is 81.6 Å². The highest BCUT2D eigenvalue weighted by Crippen LogP contribution is 2.36. The molecule has 49 heavy (non-hydrogen) atoms. The van der Waals surface area contributed by atoms with Gasteiger partial charge in [0, 0.05) is 17.8 Å². The summed E-state index contributed by atoms with van der Waals surface area (Å²) >= 11 is 0. The maximum absolute atomic E-state index is 12.0. The summed E-state index contributed by atoms with van der Waals surface area (Å²) < 4.78 is 17.2. The minimum Gasteiger partial charge on any atom is -0.493 e. The monoisotopic (exact) mass is 668 g/mol. The molecule has 264 valence electrons. The van der Waals surface area contributed by atoms with E-state index in [1.165, 1.54) is 47.1 Å². The minimum atomic E-state index is -0.391. The van der Waals surface area contributed by atoms with Gasteiger partial charge < -0.3 is 19.3 Å². The molecule has 6 nitrogen and oxygen atoms in total. The van der Waals surface area contributed by atoms with Crippen LogP contribution in [0.3, 0.4) is 0 Å². The van der Waals surface area contributed by atoms with Crippen molar-refractivity contribution in [3.8, 4) is 28.0 Å². The third-order valence-electron chi connectivity index (χ3n) is 8.54. The van der Waals surface area contributed by atoms with Crippen LogP contribution in [-0.2, 0) is 44.7 Å². The predicted molar refractivity (Wildman–Crippen MR) is 200 cm³/mol. The van der Waals surface area contributed by atoms with E-state index in [9.17, 15) is 14.7 Å². The quantitative estimate of drug-likeness (QED) is 0.0653.